The molecule has 32 heavy (non-hydrogen) atoms. The van der Waals surface area contributed by atoms with Crippen LogP contribution in [-0.4, -0.2) is 37.4 Å². The third kappa shape index (κ3) is 4.44. The number of aromatic amines is 1. The molecule has 0 atom stereocenters. The number of nitrogens with one attached hydrogen (secondary N) is 2. The number of hydrogen-bond donors (Lipinski definition) is 2. The van der Waals surface area contributed by atoms with E-state index in [1.807, 2.05) is 30.3 Å². The summed E-state index contributed by atoms with van der Waals surface area (Å²) in [4.78, 5) is 12.6. The monoisotopic (exact) mass is 433 g/mol. The Kier molecular flexibility index (Phi) is 6.12. The van der Waals surface area contributed by atoms with Gasteiger partial charge in [0.25, 0.3) is 5.91 Å². The maximum Gasteiger partial charge on any atom is 0.255 e. The van der Waals surface area contributed by atoms with Gasteiger partial charge in [-0.15, -0.1) is 0 Å². The summed E-state index contributed by atoms with van der Waals surface area (Å²) < 4.78 is 21.9. The number of fused-ring (bicyclic) bond motifs is 1. The van der Waals surface area contributed by atoms with Crippen LogP contribution in [0.2, 0.25) is 0 Å². The van der Waals surface area contributed by atoms with Crippen LogP contribution in [0.1, 0.15) is 15.9 Å². The fourth-order valence-corrected chi connectivity index (χ4v) is 3.31. The number of nitrogens with zero attached hydrogens (tertiary/aromatic N) is 1. The Morgan fingerprint density at radius 1 is 0.938 bits per heavy atom. The van der Waals surface area contributed by atoms with Crippen molar-refractivity contribution >= 4 is 22.5 Å². The van der Waals surface area contributed by atoms with E-state index in [1.54, 1.807) is 51.8 Å². The fraction of sp³-hybridized carbons (Fsp3) is 0.167. The van der Waals surface area contributed by atoms with Crippen molar-refractivity contribution in [2.75, 3.05) is 26.6 Å². The standard InChI is InChI=1S/C24H23N3O5/c1-29-21-10-15(11-22(30-2)23(21)31-3)14-32-19-7-4-16(5-8-19)24(28)26-18-6-9-20-17(12-18)13-25-27-20/h4-13H,14H2,1-3H3,(H,25,27)(H,26,28). The second kappa shape index (κ2) is 9.30. The van der Waals surface area contributed by atoms with Gasteiger partial charge in [0.1, 0.15) is 12.4 Å². The predicted octanol–water partition coefficient (Wildman–Crippen LogP) is 4.42. The van der Waals surface area contributed by atoms with E-state index in [9.17, 15) is 4.79 Å². The summed E-state index contributed by atoms with van der Waals surface area (Å²) in [5.74, 6) is 2.08. The fourth-order valence-electron chi connectivity index (χ4n) is 3.31. The summed E-state index contributed by atoms with van der Waals surface area (Å²) in [7, 11) is 4.70. The summed E-state index contributed by atoms with van der Waals surface area (Å²) >= 11 is 0. The van der Waals surface area contributed by atoms with Crippen LogP contribution in [0.4, 0.5) is 5.69 Å². The molecule has 4 aromatic rings. The van der Waals surface area contributed by atoms with Crippen molar-refractivity contribution in [1.29, 1.82) is 0 Å². The van der Waals surface area contributed by atoms with Crippen LogP contribution in [0, 0.1) is 0 Å². The zero-order chi connectivity index (χ0) is 22.5. The smallest absolute Gasteiger partial charge is 0.255 e. The minimum absolute atomic E-state index is 0.205. The summed E-state index contributed by atoms with van der Waals surface area (Å²) in [6.45, 7) is 0.299. The van der Waals surface area contributed by atoms with Gasteiger partial charge in [-0.1, -0.05) is 0 Å². The van der Waals surface area contributed by atoms with Gasteiger partial charge in [-0.25, -0.2) is 0 Å². The molecule has 1 aromatic heterocycles. The molecule has 1 heterocycles. The van der Waals surface area contributed by atoms with Gasteiger partial charge in [0, 0.05) is 16.6 Å². The van der Waals surface area contributed by atoms with Crippen molar-refractivity contribution in [3.05, 3.63) is 71.9 Å². The Balaban J connectivity index is 1.41. The molecule has 0 aliphatic carbocycles. The Labute approximate surface area is 185 Å². The van der Waals surface area contributed by atoms with Crippen molar-refractivity contribution < 1.29 is 23.7 Å². The van der Waals surface area contributed by atoms with Gasteiger partial charge in [-0.3, -0.25) is 9.89 Å². The van der Waals surface area contributed by atoms with Crippen molar-refractivity contribution in [3.8, 4) is 23.0 Å². The van der Waals surface area contributed by atoms with E-state index in [0.29, 0.717) is 40.9 Å². The lowest BCUT2D eigenvalue weighted by atomic mass is 10.1. The lowest BCUT2D eigenvalue weighted by Gasteiger charge is -2.14. The molecule has 0 fully saturated rings. The van der Waals surface area contributed by atoms with Crippen molar-refractivity contribution in [3.63, 3.8) is 0 Å². The average molecular weight is 433 g/mol. The summed E-state index contributed by atoms with van der Waals surface area (Å²) in [6, 6.07) is 16.2. The normalized spacial score (nSPS) is 10.6. The van der Waals surface area contributed by atoms with Crippen LogP contribution in [-0.2, 0) is 6.61 Å². The number of rotatable bonds is 8. The predicted molar refractivity (Wildman–Crippen MR) is 121 cm³/mol. The molecule has 0 bridgehead atoms. The molecule has 8 nitrogen and oxygen atoms in total. The van der Waals surface area contributed by atoms with E-state index < -0.39 is 0 Å². The molecule has 0 unspecified atom stereocenters. The highest BCUT2D eigenvalue weighted by Crippen LogP contribution is 2.38. The number of amides is 1. The largest absolute Gasteiger partial charge is 0.493 e. The second-order valence-corrected chi connectivity index (χ2v) is 6.97. The SMILES string of the molecule is COc1cc(COc2ccc(C(=O)Nc3ccc4[nH]ncc4c3)cc2)cc(OC)c1OC. The Hall–Kier alpha value is -4.20. The third-order valence-electron chi connectivity index (χ3n) is 4.94. The Morgan fingerprint density at radius 3 is 2.31 bits per heavy atom. The van der Waals surface area contributed by atoms with Crippen LogP contribution >= 0.6 is 0 Å². The number of hydrogen-bond acceptors (Lipinski definition) is 6. The van der Waals surface area contributed by atoms with Crippen molar-refractivity contribution in [2.45, 2.75) is 6.61 Å². The first-order valence-electron chi connectivity index (χ1n) is 9.87. The van der Waals surface area contributed by atoms with Gasteiger partial charge in [0.15, 0.2) is 11.5 Å². The number of aromatic nitrogens is 2. The van der Waals surface area contributed by atoms with Crippen LogP contribution in [0.25, 0.3) is 10.9 Å². The average Bonchev–Trinajstić information content (AvgIpc) is 3.30. The zero-order valence-corrected chi connectivity index (χ0v) is 18.0. The van der Waals surface area contributed by atoms with Gasteiger partial charge in [-0.05, 0) is 60.2 Å². The molecule has 164 valence electrons. The van der Waals surface area contributed by atoms with Crippen LogP contribution in [0.3, 0.4) is 0 Å². The quantitative estimate of drug-likeness (QED) is 0.427. The molecule has 0 spiro atoms. The summed E-state index contributed by atoms with van der Waals surface area (Å²) in [6.07, 6.45) is 1.71. The molecule has 2 N–H and O–H groups in total. The van der Waals surface area contributed by atoms with Crippen LogP contribution < -0.4 is 24.3 Å². The minimum atomic E-state index is -0.205. The first kappa shape index (κ1) is 21.0. The molecule has 4 rings (SSSR count). The number of anilines is 1. The van der Waals surface area contributed by atoms with E-state index in [0.717, 1.165) is 16.5 Å². The molecule has 0 saturated carbocycles. The van der Waals surface area contributed by atoms with E-state index in [2.05, 4.69) is 15.5 Å². The number of methoxy groups -OCH3 is 3. The highest BCUT2D eigenvalue weighted by atomic mass is 16.5. The molecule has 0 radical (unpaired) electrons. The minimum Gasteiger partial charge on any atom is -0.493 e. The maximum atomic E-state index is 12.6. The number of carbonyl (C=O) groups excluding carboxylic acids is 1. The number of ether oxygens (including phenoxy) is 4. The number of H-pyrrole nitrogens is 1. The van der Waals surface area contributed by atoms with E-state index in [1.165, 1.54) is 0 Å². The van der Waals surface area contributed by atoms with E-state index in [-0.39, 0.29) is 5.91 Å². The molecular weight excluding hydrogens is 410 g/mol. The zero-order valence-electron chi connectivity index (χ0n) is 18.0. The lowest BCUT2D eigenvalue weighted by molar-refractivity contribution is 0.102. The van der Waals surface area contributed by atoms with Gasteiger partial charge in [0.05, 0.1) is 33.0 Å². The maximum absolute atomic E-state index is 12.6. The summed E-state index contributed by atoms with van der Waals surface area (Å²) in [5.41, 5.74) is 3.00. The summed E-state index contributed by atoms with van der Waals surface area (Å²) in [5, 5.41) is 10.7. The van der Waals surface area contributed by atoms with E-state index >= 15 is 0 Å². The number of benzene rings is 3. The number of carbonyl (C=O) groups is 1. The third-order valence-corrected chi connectivity index (χ3v) is 4.94. The first-order chi connectivity index (χ1) is 15.6. The van der Waals surface area contributed by atoms with E-state index in [4.69, 9.17) is 18.9 Å². The first-order valence-corrected chi connectivity index (χ1v) is 9.87. The van der Waals surface area contributed by atoms with Crippen molar-refractivity contribution in [1.82, 2.24) is 10.2 Å². The Bertz CT molecular complexity index is 1210. The van der Waals surface area contributed by atoms with Gasteiger partial charge < -0.3 is 24.3 Å². The molecule has 0 saturated heterocycles. The molecular formula is C24H23N3O5. The highest BCUT2D eigenvalue weighted by molar-refractivity contribution is 6.05. The molecule has 8 heteroatoms. The van der Waals surface area contributed by atoms with Crippen LogP contribution in [0.15, 0.2) is 60.8 Å². The van der Waals surface area contributed by atoms with Gasteiger partial charge in [0.2, 0.25) is 5.75 Å². The van der Waals surface area contributed by atoms with Gasteiger partial charge in [-0.2, -0.15) is 5.10 Å². The molecule has 0 aliphatic heterocycles. The molecule has 1 amide bonds. The highest BCUT2D eigenvalue weighted by Gasteiger charge is 2.14. The van der Waals surface area contributed by atoms with Gasteiger partial charge >= 0.3 is 0 Å². The van der Waals surface area contributed by atoms with Crippen molar-refractivity contribution in [2.24, 2.45) is 0 Å². The topological polar surface area (TPSA) is 94.7 Å². The lowest BCUT2D eigenvalue weighted by Crippen LogP contribution is -2.11. The Morgan fingerprint density at radius 2 is 1.66 bits per heavy atom. The molecule has 3 aromatic carbocycles. The molecule has 0 aliphatic rings. The van der Waals surface area contributed by atoms with Crippen LogP contribution in [0.5, 0.6) is 23.0 Å². The second-order valence-electron chi connectivity index (χ2n) is 6.97.